The summed E-state index contributed by atoms with van der Waals surface area (Å²) >= 11 is 0. The molecule has 120 valence electrons. The third-order valence-electron chi connectivity index (χ3n) is 2.74. The third kappa shape index (κ3) is 6.92. The van der Waals surface area contributed by atoms with E-state index in [9.17, 15) is 9.59 Å². The second-order valence-corrected chi connectivity index (χ2v) is 5.86. The highest BCUT2D eigenvalue weighted by Gasteiger charge is 2.22. The molecule has 1 aromatic rings. The van der Waals surface area contributed by atoms with Crippen molar-refractivity contribution in [2.75, 3.05) is 7.05 Å². The number of likely N-dealkylation sites (N-methyl/N-ethyl adjacent to an activating group) is 1. The Morgan fingerprint density at radius 1 is 1.23 bits per heavy atom. The Morgan fingerprint density at radius 2 is 1.86 bits per heavy atom. The molecule has 0 bridgehead atoms. The van der Waals surface area contributed by atoms with Crippen molar-refractivity contribution in [2.24, 2.45) is 0 Å². The van der Waals surface area contributed by atoms with E-state index in [1.54, 1.807) is 20.8 Å². The molecule has 0 aromatic heterocycles. The largest absolute Gasteiger partial charge is 0.444 e. The highest BCUT2D eigenvalue weighted by atomic mass is 16.6. The second-order valence-electron chi connectivity index (χ2n) is 5.86. The van der Waals surface area contributed by atoms with E-state index >= 15 is 0 Å². The Labute approximate surface area is 131 Å². The summed E-state index contributed by atoms with van der Waals surface area (Å²) in [5.41, 5.74) is 0.437. The van der Waals surface area contributed by atoms with Crippen LogP contribution in [-0.2, 0) is 9.53 Å². The molecule has 22 heavy (non-hydrogen) atoms. The number of rotatable bonds is 5. The fourth-order valence-electron chi connectivity index (χ4n) is 1.76. The number of amides is 2. The van der Waals surface area contributed by atoms with Gasteiger partial charge in [-0.05, 0) is 32.8 Å². The zero-order valence-electron chi connectivity index (χ0n) is 13.6. The Morgan fingerprint density at radius 3 is 2.41 bits per heavy atom. The van der Waals surface area contributed by atoms with Crippen LogP contribution in [0.5, 0.6) is 0 Å². The summed E-state index contributed by atoms with van der Waals surface area (Å²) in [5.74, 6) is -0.261. The quantitative estimate of drug-likeness (QED) is 0.879. The lowest BCUT2D eigenvalue weighted by Gasteiger charge is -2.22. The van der Waals surface area contributed by atoms with Crippen LogP contribution < -0.4 is 10.6 Å². The maximum atomic E-state index is 11.8. The monoisotopic (exact) mass is 304 g/mol. The standard InChI is InChI=1S/C17H24N2O3/c1-17(2,3)22-16(21)19-14(15(20)18-4)12-8-11-13-9-6-5-7-10-13/h5-11,14H,12H2,1-4H3,(H,18,20)(H,19,21)/b11-8+/t14-/m0/s1. The van der Waals surface area contributed by atoms with Crippen LogP contribution in [0.15, 0.2) is 36.4 Å². The fraction of sp³-hybridized carbons (Fsp3) is 0.412. The second kappa shape index (κ2) is 8.22. The van der Waals surface area contributed by atoms with Crippen molar-refractivity contribution in [2.45, 2.75) is 38.8 Å². The SMILES string of the molecule is CNC(=O)[C@H](C/C=C/c1ccccc1)NC(=O)OC(C)(C)C. The molecule has 2 amide bonds. The van der Waals surface area contributed by atoms with Crippen LogP contribution in [0.3, 0.4) is 0 Å². The summed E-state index contributed by atoms with van der Waals surface area (Å²) in [6.07, 6.45) is 3.54. The van der Waals surface area contributed by atoms with Gasteiger partial charge in [0.1, 0.15) is 11.6 Å². The first-order valence-corrected chi connectivity index (χ1v) is 7.24. The average Bonchev–Trinajstić information content (AvgIpc) is 2.44. The maximum Gasteiger partial charge on any atom is 0.408 e. The highest BCUT2D eigenvalue weighted by Crippen LogP contribution is 2.08. The van der Waals surface area contributed by atoms with Gasteiger partial charge >= 0.3 is 6.09 Å². The van der Waals surface area contributed by atoms with E-state index in [-0.39, 0.29) is 5.91 Å². The van der Waals surface area contributed by atoms with Crippen LogP contribution in [0.25, 0.3) is 6.08 Å². The van der Waals surface area contributed by atoms with Gasteiger partial charge in [0.2, 0.25) is 5.91 Å². The summed E-state index contributed by atoms with van der Waals surface area (Å²) in [5, 5.41) is 5.12. The lowest BCUT2D eigenvalue weighted by Crippen LogP contribution is -2.47. The van der Waals surface area contributed by atoms with Crippen LogP contribution in [0.4, 0.5) is 4.79 Å². The average molecular weight is 304 g/mol. The summed E-state index contributed by atoms with van der Waals surface area (Å²) in [6, 6.07) is 9.08. The number of hydrogen-bond acceptors (Lipinski definition) is 3. The van der Waals surface area contributed by atoms with Gasteiger partial charge in [-0.2, -0.15) is 0 Å². The first kappa shape index (κ1) is 17.8. The lowest BCUT2D eigenvalue weighted by atomic mass is 10.1. The first-order valence-electron chi connectivity index (χ1n) is 7.24. The van der Waals surface area contributed by atoms with E-state index in [2.05, 4.69) is 10.6 Å². The normalized spacial score (nSPS) is 12.7. The van der Waals surface area contributed by atoms with E-state index in [0.717, 1.165) is 5.56 Å². The molecule has 0 fully saturated rings. The van der Waals surface area contributed by atoms with Crippen LogP contribution in [0, 0.1) is 0 Å². The molecule has 0 heterocycles. The van der Waals surface area contributed by atoms with E-state index in [1.165, 1.54) is 7.05 Å². The molecule has 0 saturated carbocycles. The van der Waals surface area contributed by atoms with E-state index in [1.807, 2.05) is 42.5 Å². The molecule has 0 aliphatic rings. The molecular weight excluding hydrogens is 280 g/mol. The molecule has 0 saturated heterocycles. The van der Waals surface area contributed by atoms with E-state index in [0.29, 0.717) is 6.42 Å². The van der Waals surface area contributed by atoms with Gasteiger partial charge in [-0.25, -0.2) is 4.79 Å². The molecule has 0 aliphatic carbocycles. The molecule has 0 unspecified atom stereocenters. The topological polar surface area (TPSA) is 67.4 Å². The smallest absolute Gasteiger partial charge is 0.408 e. The molecular formula is C17H24N2O3. The Balaban J connectivity index is 2.63. The van der Waals surface area contributed by atoms with Crippen molar-refractivity contribution >= 4 is 18.1 Å². The third-order valence-corrected chi connectivity index (χ3v) is 2.74. The molecule has 1 aromatic carbocycles. The van der Waals surface area contributed by atoms with Gasteiger partial charge < -0.3 is 15.4 Å². The summed E-state index contributed by atoms with van der Waals surface area (Å²) in [6.45, 7) is 5.32. The number of nitrogens with one attached hydrogen (secondary N) is 2. The van der Waals surface area contributed by atoms with Crippen LogP contribution >= 0.6 is 0 Å². The van der Waals surface area contributed by atoms with Gasteiger partial charge in [-0.15, -0.1) is 0 Å². The van der Waals surface area contributed by atoms with Gasteiger partial charge in [0, 0.05) is 7.05 Å². The van der Waals surface area contributed by atoms with Crippen LogP contribution in [0.2, 0.25) is 0 Å². The van der Waals surface area contributed by atoms with Gasteiger partial charge in [0.05, 0.1) is 0 Å². The summed E-state index contributed by atoms with van der Waals surface area (Å²) in [4.78, 5) is 23.6. The predicted octanol–water partition coefficient (Wildman–Crippen LogP) is 2.73. The summed E-state index contributed by atoms with van der Waals surface area (Å²) in [7, 11) is 1.53. The lowest BCUT2D eigenvalue weighted by molar-refractivity contribution is -0.122. The van der Waals surface area contributed by atoms with Gasteiger partial charge in [0.15, 0.2) is 0 Å². The van der Waals surface area contributed by atoms with Gasteiger partial charge in [0.25, 0.3) is 0 Å². The minimum atomic E-state index is -0.667. The zero-order valence-corrected chi connectivity index (χ0v) is 13.6. The minimum Gasteiger partial charge on any atom is -0.444 e. The Hall–Kier alpha value is -2.30. The van der Waals surface area contributed by atoms with Crippen molar-refractivity contribution < 1.29 is 14.3 Å². The first-order chi connectivity index (χ1) is 10.3. The van der Waals surface area contributed by atoms with E-state index in [4.69, 9.17) is 4.74 Å². The van der Waals surface area contributed by atoms with Crippen molar-refractivity contribution in [3.63, 3.8) is 0 Å². The zero-order chi connectivity index (χ0) is 16.6. The molecule has 0 aliphatic heterocycles. The molecule has 2 N–H and O–H groups in total. The van der Waals surface area contributed by atoms with Crippen molar-refractivity contribution in [1.82, 2.24) is 10.6 Å². The summed E-state index contributed by atoms with van der Waals surface area (Å²) < 4.78 is 5.17. The molecule has 1 atom stereocenters. The van der Waals surface area contributed by atoms with E-state index < -0.39 is 17.7 Å². The molecule has 5 nitrogen and oxygen atoms in total. The van der Waals surface area contributed by atoms with Gasteiger partial charge in [-0.3, -0.25) is 4.79 Å². The van der Waals surface area contributed by atoms with Gasteiger partial charge in [-0.1, -0.05) is 42.5 Å². The number of benzene rings is 1. The number of carbonyl (C=O) groups excluding carboxylic acids is 2. The number of hydrogen-bond donors (Lipinski definition) is 2. The molecule has 5 heteroatoms. The molecule has 0 radical (unpaired) electrons. The van der Waals surface area contributed by atoms with Crippen LogP contribution in [0.1, 0.15) is 32.8 Å². The fourth-order valence-corrected chi connectivity index (χ4v) is 1.76. The van der Waals surface area contributed by atoms with Crippen molar-refractivity contribution in [1.29, 1.82) is 0 Å². The molecule has 0 spiro atoms. The minimum absolute atomic E-state index is 0.261. The maximum absolute atomic E-state index is 11.8. The number of alkyl carbamates (subject to hydrolysis) is 1. The van der Waals surface area contributed by atoms with Crippen LogP contribution in [-0.4, -0.2) is 30.7 Å². The highest BCUT2D eigenvalue weighted by molar-refractivity contribution is 5.85. The number of ether oxygens (including phenoxy) is 1. The molecule has 1 rings (SSSR count). The predicted molar refractivity (Wildman–Crippen MR) is 87.3 cm³/mol. The van der Waals surface area contributed by atoms with Crippen molar-refractivity contribution in [3.05, 3.63) is 42.0 Å². The Kier molecular flexibility index (Phi) is 6.63. The Bertz CT molecular complexity index is 518. The number of carbonyl (C=O) groups is 2. The van der Waals surface area contributed by atoms with Crippen molar-refractivity contribution in [3.8, 4) is 0 Å².